The van der Waals surface area contributed by atoms with Crippen LogP contribution in [0.3, 0.4) is 0 Å². The fraction of sp³-hybridized carbons (Fsp3) is 0.471. The lowest BCUT2D eigenvalue weighted by Gasteiger charge is -2.17. The van der Waals surface area contributed by atoms with Crippen molar-refractivity contribution >= 4 is 27.9 Å². The first-order valence-electron chi connectivity index (χ1n) is 8.37. The number of rotatable bonds is 4. The van der Waals surface area contributed by atoms with Gasteiger partial charge in [-0.1, -0.05) is 6.92 Å². The minimum atomic E-state index is -0.730. The number of aryl methyl sites for hydroxylation is 1. The Morgan fingerprint density at radius 3 is 2.96 bits per heavy atom. The minimum Gasteiger partial charge on any atom is -0.315 e. The van der Waals surface area contributed by atoms with Crippen LogP contribution < -0.4 is 5.32 Å². The van der Waals surface area contributed by atoms with Crippen LogP contribution in [0.25, 0.3) is 0 Å². The van der Waals surface area contributed by atoms with Gasteiger partial charge in [0.2, 0.25) is 5.91 Å². The van der Waals surface area contributed by atoms with E-state index in [2.05, 4.69) is 23.4 Å². The third kappa shape index (κ3) is 3.20. The maximum atomic E-state index is 12.6. The second kappa shape index (κ2) is 6.88. The lowest BCUT2D eigenvalue weighted by Crippen LogP contribution is -2.24. The van der Waals surface area contributed by atoms with Crippen molar-refractivity contribution in [2.45, 2.75) is 46.1 Å². The molecule has 2 atom stereocenters. The molecule has 0 spiro atoms. The quantitative estimate of drug-likeness (QED) is 0.652. The Labute approximate surface area is 154 Å². The molecule has 0 aromatic carbocycles. The van der Waals surface area contributed by atoms with Crippen LogP contribution in [0.2, 0.25) is 0 Å². The molecule has 1 N–H and O–H groups in total. The fourth-order valence-corrected chi connectivity index (χ4v) is 4.51. The van der Waals surface area contributed by atoms with Gasteiger partial charge in [-0.15, -0.1) is 11.3 Å². The fourth-order valence-electron chi connectivity index (χ4n) is 3.14. The molecular weight excluding hydrogens is 354 g/mol. The molecular formula is C17H19N5O3S. The van der Waals surface area contributed by atoms with Gasteiger partial charge in [-0.25, -0.2) is 0 Å². The summed E-state index contributed by atoms with van der Waals surface area (Å²) in [5.74, 6) is 0.216. The van der Waals surface area contributed by atoms with Crippen LogP contribution in [0.1, 0.15) is 48.0 Å². The normalized spacial score (nSPS) is 17.2. The molecule has 0 saturated heterocycles. The zero-order chi connectivity index (χ0) is 19.0. The maximum absolute atomic E-state index is 12.6. The zero-order valence-corrected chi connectivity index (χ0v) is 15.6. The molecule has 0 fully saturated rings. The molecule has 0 unspecified atom stereocenters. The summed E-state index contributed by atoms with van der Waals surface area (Å²) in [5.41, 5.74) is 1.72. The number of hydrogen-bond donors (Lipinski definition) is 1. The lowest BCUT2D eigenvalue weighted by atomic mass is 9.88. The topological polar surface area (TPSA) is 114 Å². The molecule has 1 aliphatic rings. The predicted molar refractivity (Wildman–Crippen MR) is 97.2 cm³/mol. The number of hydrogen-bond acceptors (Lipinski definition) is 6. The summed E-state index contributed by atoms with van der Waals surface area (Å²) >= 11 is 1.45. The summed E-state index contributed by atoms with van der Waals surface area (Å²) in [5, 5.41) is 27.9. The first-order valence-corrected chi connectivity index (χ1v) is 9.19. The van der Waals surface area contributed by atoms with E-state index in [9.17, 15) is 20.2 Å². The van der Waals surface area contributed by atoms with Crippen LogP contribution in [0.5, 0.6) is 0 Å². The molecule has 136 valence electrons. The van der Waals surface area contributed by atoms with Crippen molar-refractivity contribution in [2.75, 3.05) is 5.32 Å². The van der Waals surface area contributed by atoms with Crippen molar-refractivity contribution in [2.24, 2.45) is 5.92 Å². The van der Waals surface area contributed by atoms with Gasteiger partial charge in [0.1, 0.15) is 29.0 Å². The summed E-state index contributed by atoms with van der Waals surface area (Å²) in [4.78, 5) is 24.2. The number of carbonyl (C=O) groups excluding carboxylic acids is 1. The molecule has 8 nitrogen and oxygen atoms in total. The number of amides is 1. The number of nitro groups is 1. The van der Waals surface area contributed by atoms with E-state index >= 15 is 0 Å². The third-order valence-electron chi connectivity index (χ3n) is 4.72. The standard InChI is InChI=1S/C17H19N5O3S/c1-9-4-5-12-13(7-18)17(26-15(12)6-9)19-16(23)11(3)21-8-14(22(24)25)10(2)20-21/h8-9,11H,4-6H2,1-3H3,(H,19,23)/t9-,11+/m1/s1. The highest BCUT2D eigenvalue weighted by molar-refractivity contribution is 7.16. The van der Waals surface area contributed by atoms with Crippen LogP contribution in [-0.2, 0) is 17.6 Å². The summed E-state index contributed by atoms with van der Waals surface area (Å²) in [7, 11) is 0. The summed E-state index contributed by atoms with van der Waals surface area (Å²) in [6.07, 6.45) is 4.07. The van der Waals surface area contributed by atoms with Crippen molar-refractivity contribution in [3.05, 3.63) is 38.0 Å². The van der Waals surface area contributed by atoms with E-state index in [1.165, 1.54) is 29.1 Å². The summed E-state index contributed by atoms with van der Waals surface area (Å²) < 4.78 is 1.28. The lowest BCUT2D eigenvalue weighted by molar-refractivity contribution is -0.385. The van der Waals surface area contributed by atoms with E-state index in [4.69, 9.17) is 0 Å². The van der Waals surface area contributed by atoms with Crippen molar-refractivity contribution in [1.29, 1.82) is 5.26 Å². The van der Waals surface area contributed by atoms with Crippen molar-refractivity contribution < 1.29 is 9.72 Å². The first-order chi connectivity index (χ1) is 12.3. The number of thiophene rings is 1. The van der Waals surface area contributed by atoms with E-state index in [0.29, 0.717) is 16.5 Å². The molecule has 26 heavy (non-hydrogen) atoms. The zero-order valence-electron chi connectivity index (χ0n) is 14.8. The number of anilines is 1. The van der Waals surface area contributed by atoms with Crippen LogP contribution in [0, 0.1) is 34.3 Å². The Morgan fingerprint density at radius 2 is 2.35 bits per heavy atom. The molecule has 2 aromatic heterocycles. The molecule has 0 radical (unpaired) electrons. The largest absolute Gasteiger partial charge is 0.315 e. The molecule has 0 bridgehead atoms. The van der Waals surface area contributed by atoms with Gasteiger partial charge in [-0.05, 0) is 44.6 Å². The SMILES string of the molecule is Cc1nn([C@@H](C)C(=O)Nc2sc3c(c2C#N)CC[C@@H](C)C3)cc1[N+](=O)[O-]. The third-order valence-corrected chi connectivity index (χ3v) is 5.89. The number of fused-ring (bicyclic) bond motifs is 1. The van der Waals surface area contributed by atoms with E-state index in [-0.39, 0.29) is 17.3 Å². The number of carbonyl (C=O) groups is 1. The summed E-state index contributed by atoms with van der Waals surface area (Å²) in [6.45, 7) is 5.33. The highest BCUT2D eigenvalue weighted by atomic mass is 32.1. The molecule has 2 aromatic rings. The van der Waals surface area contributed by atoms with E-state index in [0.717, 1.165) is 29.7 Å². The van der Waals surface area contributed by atoms with Crippen molar-refractivity contribution in [3.8, 4) is 6.07 Å². The average molecular weight is 373 g/mol. The van der Waals surface area contributed by atoms with Gasteiger partial charge in [0.15, 0.2) is 0 Å². The van der Waals surface area contributed by atoms with Gasteiger partial charge in [0.25, 0.3) is 0 Å². The molecule has 3 rings (SSSR count). The molecule has 2 heterocycles. The van der Waals surface area contributed by atoms with Crippen LogP contribution in [0.4, 0.5) is 10.7 Å². The van der Waals surface area contributed by atoms with Gasteiger partial charge in [-0.3, -0.25) is 19.6 Å². The maximum Gasteiger partial charge on any atom is 0.309 e. The second-order valence-electron chi connectivity index (χ2n) is 6.67. The Kier molecular flexibility index (Phi) is 4.78. The number of aromatic nitrogens is 2. The average Bonchev–Trinajstić information content (AvgIpc) is 3.13. The van der Waals surface area contributed by atoms with Crippen LogP contribution in [0.15, 0.2) is 6.20 Å². The monoisotopic (exact) mass is 373 g/mol. The predicted octanol–water partition coefficient (Wildman–Crippen LogP) is 3.36. The molecule has 1 aliphatic carbocycles. The number of nitrogens with one attached hydrogen (secondary N) is 1. The first kappa shape index (κ1) is 18.1. The van der Waals surface area contributed by atoms with E-state index in [1.807, 2.05) is 0 Å². The number of nitriles is 1. The molecule has 0 aliphatic heterocycles. The Morgan fingerprint density at radius 1 is 1.62 bits per heavy atom. The van der Waals surface area contributed by atoms with Crippen LogP contribution in [-0.4, -0.2) is 20.6 Å². The highest BCUT2D eigenvalue weighted by Gasteiger charge is 2.27. The second-order valence-corrected chi connectivity index (χ2v) is 7.77. The minimum absolute atomic E-state index is 0.122. The Bertz CT molecular complexity index is 924. The van der Waals surface area contributed by atoms with Gasteiger partial charge in [-0.2, -0.15) is 10.4 Å². The molecule has 9 heteroatoms. The van der Waals surface area contributed by atoms with Gasteiger partial charge >= 0.3 is 5.69 Å². The molecule has 0 saturated carbocycles. The molecule has 1 amide bonds. The van der Waals surface area contributed by atoms with Crippen molar-refractivity contribution in [1.82, 2.24) is 9.78 Å². The van der Waals surface area contributed by atoms with Gasteiger partial charge in [0, 0.05) is 4.88 Å². The van der Waals surface area contributed by atoms with E-state index < -0.39 is 11.0 Å². The Balaban J connectivity index is 1.83. The van der Waals surface area contributed by atoms with Gasteiger partial charge < -0.3 is 5.32 Å². The summed E-state index contributed by atoms with van der Waals surface area (Å²) in [6, 6.07) is 1.49. The van der Waals surface area contributed by atoms with Crippen molar-refractivity contribution in [3.63, 3.8) is 0 Å². The van der Waals surface area contributed by atoms with Gasteiger partial charge in [0.05, 0.1) is 10.5 Å². The smallest absolute Gasteiger partial charge is 0.309 e. The number of nitrogens with zero attached hydrogens (tertiary/aromatic N) is 4. The van der Waals surface area contributed by atoms with Crippen LogP contribution >= 0.6 is 11.3 Å². The highest BCUT2D eigenvalue weighted by Crippen LogP contribution is 2.39. The Hall–Kier alpha value is -2.73. The van der Waals surface area contributed by atoms with E-state index in [1.54, 1.807) is 6.92 Å².